The van der Waals surface area contributed by atoms with Gasteiger partial charge in [0.25, 0.3) is 0 Å². The molecule has 1 aromatic rings. The van der Waals surface area contributed by atoms with Crippen LogP contribution in [-0.2, 0) is 39.8 Å². The Morgan fingerprint density at radius 3 is 1.87 bits per heavy atom. The first kappa shape index (κ1) is 33.1. The first-order valence-electron chi connectivity index (χ1n) is 12.6. The van der Waals surface area contributed by atoms with Crippen molar-refractivity contribution in [1.29, 1.82) is 0 Å². The van der Waals surface area contributed by atoms with E-state index in [1.165, 1.54) is 13.8 Å². The Morgan fingerprint density at radius 2 is 1.36 bits per heavy atom. The average Bonchev–Trinajstić information content (AvgIpc) is 2.78. The van der Waals surface area contributed by atoms with Gasteiger partial charge >= 0.3 is 18.0 Å². The molecule has 0 saturated carbocycles. The van der Waals surface area contributed by atoms with Gasteiger partial charge < -0.3 is 30.2 Å². The molecular weight excluding hydrogens is 506 g/mol. The Balaban J connectivity index is 3.11. The van der Waals surface area contributed by atoms with Crippen LogP contribution in [0.5, 0.6) is 0 Å². The molecule has 3 atom stereocenters. The minimum Gasteiger partial charge on any atom is -0.460 e. The average molecular weight is 548 g/mol. The Morgan fingerprint density at radius 1 is 0.821 bits per heavy atom. The molecule has 3 amide bonds. The van der Waals surface area contributed by atoms with Crippen molar-refractivity contribution in [3.8, 4) is 0 Å². The van der Waals surface area contributed by atoms with Crippen molar-refractivity contribution in [3.05, 3.63) is 48.0 Å². The summed E-state index contributed by atoms with van der Waals surface area (Å²) in [4.78, 5) is 63.1. The van der Waals surface area contributed by atoms with Crippen molar-refractivity contribution in [1.82, 2.24) is 16.0 Å². The van der Waals surface area contributed by atoms with Crippen LogP contribution in [0.3, 0.4) is 0 Å². The lowest BCUT2D eigenvalue weighted by Gasteiger charge is -2.27. The van der Waals surface area contributed by atoms with E-state index in [1.54, 1.807) is 65.8 Å². The summed E-state index contributed by atoms with van der Waals surface area (Å²) in [6.07, 6.45) is -0.711. The molecule has 0 aliphatic heterocycles. The van der Waals surface area contributed by atoms with Crippen LogP contribution in [-0.4, -0.2) is 65.8 Å². The second-order valence-corrected chi connectivity index (χ2v) is 11.1. The van der Waals surface area contributed by atoms with Gasteiger partial charge in [-0.25, -0.2) is 14.4 Å². The van der Waals surface area contributed by atoms with E-state index in [1.807, 2.05) is 6.07 Å². The van der Waals surface area contributed by atoms with E-state index >= 15 is 0 Å². The number of carbonyl (C=O) groups is 5. The molecule has 0 radical (unpaired) electrons. The summed E-state index contributed by atoms with van der Waals surface area (Å²) >= 11 is 0. The van der Waals surface area contributed by atoms with Gasteiger partial charge in [0.05, 0.1) is 0 Å². The molecular formula is C28H41N3O8. The third kappa shape index (κ3) is 13.5. The first-order chi connectivity index (χ1) is 17.9. The lowest BCUT2D eigenvalue weighted by Crippen LogP contribution is -2.57. The second kappa shape index (κ2) is 14.3. The van der Waals surface area contributed by atoms with Gasteiger partial charge in [0, 0.05) is 12.0 Å². The molecule has 0 unspecified atom stereocenters. The van der Waals surface area contributed by atoms with E-state index < -0.39 is 65.8 Å². The third-order valence-corrected chi connectivity index (χ3v) is 4.78. The third-order valence-electron chi connectivity index (χ3n) is 4.78. The van der Waals surface area contributed by atoms with E-state index in [-0.39, 0.29) is 12.0 Å². The van der Waals surface area contributed by atoms with Gasteiger partial charge in [0.1, 0.15) is 35.9 Å². The number of alkyl carbamates (subject to hydrolysis) is 1. The minimum absolute atomic E-state index is 0.0937. The van der Waals surface area contributed by atoms with Crippen LogP contribution in [0.1, 0.15) is 61.0 Å². The summed E-state index contributed by atoms with van der Waals surface area (Å²) in [6.45, 7) is 15.9. The van der Waals surface area contributed by atoms with Crippen LogP contribution in [0.15, 0.2) is 42.5 Å². The van der Waals surface area contributed by atoms with Crippen molar-refractivity contribution >= 4 is 29.8 Å². The molecule has 3 N–H and O–H groups in total. The zero-order valence-electron chi connectivity index (χ0n) is 24.0. The Kier molecular flexibility index (Phi) is 12.2. The molecule has 0 spiro atoms. The molecule has 216 valence electrons. The SMILES string of the molecule is C=C(C)C(=O)OC[C@H](NC(=O)[C@H](C)NC(=O)OC(C)(C)C)C(=O)N[C@@H](Cc1ccccc1)C(=O)OC(C)(C)C. The van der Waals surface area contributed by atoms with E-state index in [2.05, 4.69) is 22.5 Å². The van der Waals surface area contributed by atoms with Crippen molar-refractivity contribution < 1.29 is 38.2 Å². The number of amides is 3. The number of rotatable bonds is 11. The minimum atomic E-state index is -1.40. The monoisotopic (exact) mass is 547 g/mol. The van der Waals surface area contributed by atoms with Gasteiger partial charge in [-0.05, 0) is 61.0 Å². The van der Waals surface area contributed by atoms with Gasteiger partial charge in [0.2, 0.25) is 11.8 Å². The fourth-order valence-electron chi connectivity index (χ4n) is 3.00. The van der Waals surface area contributed by atoms with Crippen molar-refractivity contribution in [3.63, 3.8) is 0 Å². The highest BCUT2D eigenvalue weighted by molar-refractivity contribution is 5.93. The predicted octanol–water partition coefficient (Wildman–Crippen LogP) is 2.57. The van der Waals surface area contributed by atoms with E-state index in [0.29, 0.717) is 0 Å². The second-order valence-electron chi connectivity index (χ2n) is 11.1. The molecule has 0 saturated heterocycles. The maximum Gasteiger partial charge on any atom is 0.408 e. The first-order valence-corrected chi connectivity index (χ1v) is 12.6. The predicted molar refractivity (Wildman–Crippen MR) is 144 cm³/mol. The maximum atomic E-state index is 13.3. The van der Waals surface area contributed by atoms with E-state index in [4.69, 9.17) is 14.2 Å². The molecule has 0 bridgehead atoms. The summed E-state index contributed by atoms with van der Waals surface area (Å²) in [5.41, 5.74) is -0.742. The molecule has 39 heavy (non-hydrogen) atoms. The van der Waals surface area contributed by atoms with Gasteiger partial charge in [-0.15, -0.1) is 0 Å². The highest BCUT2D eigenvalue weighted by Crippen LogP contribution is 2.12. The Bertz CT molecular complexity index is 1040. The number of carbonyl (C=O) groups excluding carboxylic acids is 5. The number of benzene rings is 1. The number of hydrogen-bond acceptors (Lipinski definition) is 8. The van der Waals surface area contributed by atoms with Gasteiger partial charge in [0.15, 0.2) is 0 Å². The van der Waals surface area contributed by atoms with Gasteiger partial charge in [-0.3, -0.25) is 9.59 Å². The van der Waals surface area contributed by atoms with Gasteiger partial charge in [-0.1, -0.05) is 36.9 Å². The van der Waals surface area contributed by atoms with Crippen LogP contribution in [0.4, 0.5) is 4.79 Å². The van der Waals surface area contributed by atoms with E-state index in [0.717, 1.165) is 5.56 Å². The summed E-state index contributed by atoms with van der Waals surface area (Å²) in [7, 11) is 0. The van der Waals surface area contributed by atoms with E-state index in [9.17, 15) is 24.0 Å². The fraction of sp³-hybridized carbons (Fsp3) is 0.536. The molecule has 11 heteroatoms. The van der Waals surface area contributed by atoms with Gasteiger partial charge in [-0.2, -0.15) is 0 Å². The smallest absolute Gasteiger partial charge is 0.408 e. The van der Waals surface area contributed by atoms with Crippen molar-refractivity contribution in [2.24, 2.45) is 0 Å². The molecule has 0 heterocycles. The molecule has 1 rings (SSSR count). The van der Waals surface area contributed by atoms with Crippen molar-refractivity contribution in [2.75, 3.05) is 6.61 Å². The number of nitrogens with one attached hydrogen (secondary N) is 3. The zero-order valence-corrected chi connectivity index (χ0v) is 24.0. The van der Waals surface area contributed by atoms with Crippen LogP contribution in [0.25, 0.3) is 0 Å². The molecule has 1 aromatic carbocycles. The Hall–Kier alpha value is -3.89. The van der Waals surface area contributed by atoms with Crippen LogP contribution >= 0.6 is 0 Å². The number of ether oxygens (including phenoxy) is 3. The fourth-order valence-corrected chi connectivity index (χ4v) is 3.00. The quantitative estimate of drug-likeness (QED) is 0.217. The lowest BCUT2D eigenvalue weighted by molar-refractivity contribution is -0.159. The zero-order chi connectivity index (χ0) is 30.0. The largest absolute Gasteiger partial charge is 0.460 e. The Labute approximate surface area is 230 Å². The molecule has 0 aliphatic rings. The van der Waals surface area contributed by atoms with Crippen LogP contribution < -0.4 is 16.0 Å². The van der Waals surface area contributed by atoms with Crippen LogP contribution in [0.2, 0.25) is 0 Å². The maximum absolute atomic E-state index is 13.3. The molecule has 0 aromatic heterocycles. The topological polar surface area (TPSA) is 149 Å². The van der Waals surface area contributed by atoms with Crippen LogP contribution in [0, 0.1) is 0 Å². The summed E-state index contributed by atoms with van der Waals surface area (Å²) in [5.74, 6) is -2.99. The highest BCUT2D eigenvalue weighted by atomic mass is 16.6. The summed E-state index contributed by atoms with van der Waals surface area (Å²) in [6, 6.07) is 5.39. The lowest BCUT2D eigenvalue weighted by atomic mass is 10.0. The normalized spacial score (nSPS) is 13.6. The van der Waals surface area contributed by atoms with Crippen molar-refractivity contribution in [2.45, 2.75) is 91.1 Å². The number of esters is 2. The molecule has 11 nitrogen and oxygen atoms in total. The number of hydrogen-bond donors (Lipinski definition) is 3. The molecule has 0 aliphatic carbocycles. The summed E-state index contributed by atoms with van der Waals surface area (Å²) in [5, 5.41) is 7.44. The summed E-state index contributed by atoms with van der Waals surface area (Å²) < 4.78 is 15.8. The standard InChI is InChI=1S/C28H41N3O8/c1-17(2)24(34)37-16-21(31-22(32)18(3)29-26(36)39-28(7,8)9)23(33)30-20(25(35)38-27(4,5)6)15-19-13-11-10-12-14-19/h10-14,18,20-21H,1,15-16H2,2-9H3,(H,29,36)(H,30,33)(H,31,32)/t18-,20-,21-/m0/s1. The molecule has 0 fully saturated rings. The highest BCUT2D eigenvalue weighted by Gasteiger charge is 2.32.